The summed E-state index contributed by atoms with van der Waals surface area (Å²) in [5.74, 6) is -0.734. The lowest BCUT2D eigenvalue weighted by atomic mass is 9.99. The lowest BCUT2D eigenvalue weighted by molar-refractivity contribution is -0.138. The molecule has 1 unspecified atom stereocenters. The largest absolute Gasteiger partial charge is 0.481 e. The summed E-state index contributed by atoms with van der Waals surface area (Å²) in [4.78, 5) is 15.1. The fourth-order valence-corrected chi connectivity index (χ4v) is 1.93. The van der Waals surface area contributed by atoms with Crippen molar-refractivity contribution in [1.82, 2.24) is 0 Å². The van der Waals surface area contributed by atoms with Crippen molar-refractivity contribution < 1.29 is 9.90 Å². The number of hydrogen-bond donors (Lipinski definition) is 3. The van der Waals surface area contributed by atoms with Crippen LogP contribution in [0.15, 0.2) is 29.3 Å². The quantitative estimate of drug-likeness (QED) is 0.554. The second kappa shape index (κ2) is 7.03. The summed E-state index contributed by atoms with van der Waals surface area (Å²) in [5, 5.41) is 9.48. The van der Waals surface area contributed by atoms with Gasteiger partial charge >= 0.3 is 5.97 Å². The van der Waals surface area contributed by atoms with Crippen LogP contribution >= 0.6 is 11.8 Å². The Morgan fingerprint density at radius 1 is 1.44 bits per heavy atom. The minimum atomic E-state index is -0.921. The van der Waals surface area contributed by atoms with E-state index in [-0.39, 0.29) is 6.54 Å². The predicted molar refractivity (Wildman–Crippen MR) is 75.3 cm³/mol. The van der Waals surface area contributed by atoms with Gasteiger partial charge < -0.3 is 16.6 Å². The number of amidine groups is 1. The van der Waals surface area contributed by atoms with E-state index in [1.54, 1.807) is 24.3 Å². The highest BCUT2D eigenvalue weighted by molar-refractivity contribution is 8.13. The van der Waals surface area contributed by atoms with Gasteiger partial charge in [-0.25, -0.2) is 4.99 Å². The van der Waals surface area contributed by atoms with E-state index in [0.717, 1.165) is 5.75 Å². The summed E-state index contributed by atoms with van der Waals surface area (Å²) in [6, 6.07) is 6.91. The van der Waals surface area contributed by atoms with Crippen molar-refractivity contribution in [1.29, 1.82) is 0 Å². The lowest BCUT2D eigenvalue weighted by Gasteiger charge is -2.09. The number of nitrogens with zero attached hydrogens (tertiary/aromatic N) is 1. The van der Waals surface area contributed by atoms with Crippen molar-refractivity contribution in [2.24, 2.45) is 16.5 Å². The smallest absolute Gasteiger partial charge is 0.312 e. The van der Waals surface area contributed by atoms with Gasteiger partial charge in [-0.15, -0.1) is 0 Å². The maximum atomic E-state index is 10.9. The molecule has 1 aromatic rings. The molecule has 5 N–H and O–H groups in total. The monoisotopic (exact) mass is 267 g/mol. The highest BCUT2D eigenvalue weighted by Gasteiger charge is 2.17. The topological polar surface area (TPSA) is 102 Å². The number of carboxylic acid groups (broad SMARTS) is 1. The van der Waals surface area contributed by atoms with Gasteiger partial charge in [0.15, 0.2) is 5.17 Å². The Bertz CT molecular complexity index is 431. The highest BCUT2D eigenvalue weighted by Crippen LogP contribution is 2.20. The number of rotatable bonds is 5. The first kappa shape index (κ1) is 14.5. The fourth-order valence-electron chi connectivity index (χ4n) is 1.47. The summed E-state index contributed by atoms with van der Waals surface area (Å²) in [6.07, 6.45) is 0. The zero-order chi connectivity index (χ0) is 13.5. The number of hydrogen-bond acceptors (Lipinski definition) is 4. The molecule has 98 valence electrons. The second-order valence-corrected chi connectivity index (χ2v) is 4.89. The third-order valence-corrected chi connectivity index (χ3v) is 3.04. The Balaban J connectivity index is 2.85. The molecular formula is C12H17N3O2S. The van der Waals surface area contributed by atoms with Crippen LogP contribution in [0.3, 0.4) is 0 Å². The van der Waals surface area contributed by atoms with Crippen molar-refractivity contribution in [3.05, 3.63) is 29.8 Å². The molecule has 18 heavy (non-hydrogen) atoms. The van der Waals surface area contributed by atoms with E-state index in [1.807, 2.05) is 6.92 Å². The molecule has 0 saturated carbocycles. The first-order chi connectivity index (χ1) is 8.58. The van der Waals surface area contributed by atoms with Gasteiger partial charge in [0.05, 0.1) is 11.6 Å². The zero-order valence-corrected chi connectivity index (χ0v) is 11.0. The van der Waals surface area contributed by atoms with Crippen LogP contribution in [-0.4, -0.2) is 28.5 Å². The third kappa shape index (κ3) is 4.05. The summed E-state index contributed by atoms with van der Waals surface area (Å²) < 4.78 is 0. The van der Waals surface area contributed by atoms with Crippen molar-refractivity contribution in [2.45, 2.75) is 12.8 Å². The molecule has 0 radical (unpaired) electrons. The molecule has 0 spiro atoms. The first-order valence-corrected chi connectivity index (χ1v) is 6.56. The molecule has 1 atom stereocenters. The van der Waals surface area contributed by atoms with Gasteiger partial charge in [-0.2, -0.15) is 0 Å². The van der Waals surface area contributed by atoms with Crippen molar-refractivity contribution in [3.63, 3.8) is 0 Å². The number of nitrogens with two attached hydrogens (primary N) is 2. The normalized spacial score (nSPS) is 13.3. The van der Waals surface area contributed by atoms with E-state index >= 15 is 0 Å². The number of aliphatic imine (C=N–C) groups is 1. The van der Waals surface area contributed by atoms with Crippen molar-refractivity contribution >= 4 is 28.6 Å². The Morgan fingerprint density at radius 2 is 2.06 bits per heavy atom. The van der Waals surface area contributed by atoms with E-state index in [1.165, 1.54) is 11.8 Å². The van der Waals surface area contributed by atoms with Crippen LogP contribution in [0.4, 0.5) is 5.69 Å². The van der Waals surface area contributed by atoms with E-state index < -0.39 is 11.9 Å². The predicted octanol–water partition coefficient (Wildman–Crippen LogP) is 1.51. The summed E-state index contributed by atoms with van der Waals surface area (Å²) in [7, 11) is 0. The maximum absolute atomic E-state index is 10.9. The highest BCUT2D eigenvalue weighted by atomic mass is 32.2. The summed E-state index contributed by atoms with van der Waals surface area (Å²) in [6.45, 7) is 2.07. The number of aliphatic carboxylic acids is 1. The van der Waals surface area contributed by atoms with Gasteiger partial charge in [0.1, 0.15) is 0 Å². The zero-order valence-electron chi connectivity index (χ0n) is 10.2. The van der Waals surface area contributed by atoms with Crippen LogP contribution in [0.1, 0.15) is 18.4 Å². The molecule has 1 rings (SSSR count). The van der Waals surface area contributed by atoms with Crippen LogP contribution in [-0.2, 0) is 4.79 Å². The third-order valence-electron chi connectivity index (χ3n) is 2.36. The Hall–Kier alpha value is -1.53. The van der Waals surface area contributed by atoms with Crippen molar-refractivity contribution in [3.8, 4) is 0 Å². The van der Waals surface area contributed by atoms with Crippen LogP contribution in [0.25, 0.3) is 0 Å². The Kier molecular flexibility index (Phi) is 5.67. The minimum absolute atomic E-state index is 0.0752. The first-order valence-electron chi connectivity index (χ1n) is 5.58. The Labute approximate surface area is 110 Å². The molecular weight excluding hydrogens is 250 g/mol. The lowest BCUT2D eigenvalue weighted by Crippen LogP contribution is -2.20. The molecule has 6 heteroatoms. The Morgan fingerprint density at radius 3 is 2.50 bits per heavy atom. The molecule has 0 fully saturated rings. The van der Waals surface area contributed by atoms with Crippen LogP contribution in [0.2, 0.25) is 0 Å². The molecule has 0 heterocycles. The standard InChI is InChI=1S/C12H17N3O2S/c1-2-18-12(14)15-9-5-3-8(4-6-9)10(7-13)11(16)17/h3-6,10H,2,7,13H2,1H3,(H2,14,15)(H,16,17). The molecule has 1 aromatic carbocycles. The molecule has 0 aliphatic carbocycles. The van der Waals surface area contributed by atoms with E-state index in [4.69, 9.17) is 16.6 Å². The fraction of sp³-hybridized carbons (Fsp3) is 0.333. The maximum Gasteiger partial charge on any atom is 0.312 e. The van der Waals surface area contributed by atoms with Gasteiger partial charge in [0, 0.05) is 6.54 Å². The van der Waals surface area contributed by atoms with Crippen LogP contribution < -0.4 is 11.5 Å². The SMILES string of the molecule is CCSC(N)=Nc1ccc(C(CN)C(=O)O)cc1. The molecule has 0 amide bonds. The summed E-state index contributed by atoms with van der Waals surface area (Å²) >= 11 is 1.46. The van der Waals surface area contributed by atoms with Gasteiger partial charge in [0.25, 0.3) is 0 Å². The van der Waals surface area contributed by atoms with Gasteiger partial charge in [-0.3, -0.25) is 4.79 Å². The van der Waals surface area contributed by atoms with Gasteiger partial charge in [-0.05, 0) is 23.4 Å². The van der Waals surface area contributed by atoms with Crippen LogP contribution in [0.5, 0.6) is 0 Å². The van der Waals surface area contributed by atoms with E-state index in [9.17, 15) is 4.79 Å². The average Bonchev–Trinajstić information content (AvgIpc) is 2.32. The minimum Gasteiger partial charge on any atom is -0.481 e. The summed E-state index contributed by atoms with van der Waals surface area (Å²) in [5.41, 5.74) is 12.5. The molecule has 0 aliphatic heterocycles. The van der Waals surface area contributed by atoms with Gasteiger partial charge in [-0.1, -0.05) is 30.8 Å². The molecule has 0 saturated heterocycles. The molecule has 0 bridgehead atoms. The van der Waals surface area contributed by atoms with Gasteiger partial charge in [0.2, 0.25) is 0 Å². The molecule has 0 aromatic heterocycles. The number of carbonyl (C=O) groups is 1. The van der Waals surface area contributed by atoms with E-state index in [2.05, 4.69) is 4.99 Å². The number of benzene rings is 1. The second-order valence-electron chi connectivity index (χ2n) is 3.60. The number of thioether (sulfide) groups is 1. The molecule has 5 nitrogen and oxygen atoms in total. The van der Waals surface area contributed by atoms with Crippen LogP contribution in [0, 0.1) is 0 Å². The number of carboxylic acids is 1. The van der Waals surface area contributed by atoms with E-state index in [0.29, 0.717) is 16.4 Å². The molecule has 0 aliphatic rings. The van der Waals surface area contributed by atoms with Crippen molar-refractivity contribution in [2.75, 3.05) is 12.3 Å². The average molecular weight is 267 g/mol.